The molecule has 23 heavy (non-hydrogen) atoms. The summed E-state index contributed by atoms with van der Waals surface area (Å²) < 4.78 is 1.80. The lowest BCUT2D eigenvalue weighted by molar-refractivity contribution is -0.0415. The van der Waals surface area contributed by atoms with E-state index in [4.69, 9.17) is 0 Å². The van der Waals surface area contributed by atoms with Crippen LogP contribution in [0.2, 0.25) is 0 Å². The lowest BCUT2D eigenvalue weighted by atomic mass is 9.89. The third kappa shape index (κ3) is 3.43. The van der Waals surface area contributed by atoms with Gasteiger partial charge >= 0.3 is 0 Å². The van der Waals surface area contributed by atoms with Crippen LogP contribution in [0, 0.1) is 6.92 Å². The Morgan fingerprint density at radius 1 is 1.39 bits per heavy atom. The number of aryl methyl sites for hydroxylation is 1. The number of aromatic nitrogens is 4. The van der Waals surface area contributed by atoms with Crippen LogP contribution < -0.4 is 0 Å². The fourth-order valence-electron chi connectivity index (χ4n) is 3.14. The molecule has 3 rings (SSSR count). The van der Waals surface area contributed by atoms with Crippen molar-refractivity contribution in [3.8, 4) is 0 Å². The molecule has 2 aromatic rings. The van der Waals surface area contributed by atoms with Crippen LogP contribution in [0.1, 0.15) is 49.7 Å². The molecule has 0 aliphatic carbocycles. The summed E-state index contributed by atoms with van der Waals surface area (Å²) in [5.74, 6) is 0. The number of nitrogens with zero attached hydrogens (tertiary/aromatic N) is 5. The van der Waals surface area contributed by atoms with E-state index in [-0.39, 0.29) is 6.04 Å². The van der Waals surface area contributed by atoms with Gasteiger partial charge in [-0.15, -0.1) is 5.10 Å². The Morgan fingerprint density at radius 2 is 2.22 bits per heavy atom. The smallest absolute Gasteiger partial charge is 0.123 e. The monoisotopic (exact) mass is 315 g/mol. The largest absolute Gasteiger partial charge is 0.382 e. The molecule has 0 bridgehead atoms. The van der Waals surface area contributed by atoms with Crippen LogP contribution in [0.25, 0.3) is 0 Å². The highest BCUT2D eigenvalue weighted by Crippen LogP contribution is 2.31. The van der Waals surface area contributed by atoms with E-state index in [2.05, 4.69) is 40.1 Å². The first-order valence-electron chi connectivity index (χ1n) is 8.25. The van der Waals surface area contributed by atoms with Crippen molar-refractivity contribution in [2.24, 2.45) is 0 Å². The van der Waals surface area contributed by atoms with Crippen molar-refractivity contribution in [3.63, 3.8) is 0 Å². The molecule has 6 nitrogen and oxygen atoms in total. The Kier molecular flexibility index (Phi) is 4.46. The van der Waals surface area contributed by atoms with Crippen LogP contribution >= 0.6 is 0 Å². The predicted molar refractivity (Wildman–Crippen MR) is 87.8 cm³/mol. The van der Waals surface area contributed by atoms with Gasteiger partial charge < -0.3 is 5.11 Å². The number of aliphatic hydroxyl groups is 1. The van der Waals surface area contributed by atoms with E-state index < -0.39 is 5.60 Å². The molecule has 2 aromatic heterocycles. The molecule has 1 unspecified atom stereocenters. The van der Waals surface area contributed by atoms with Crippen molar-refractivity contribution in [3.05, 3.63) is 41.5 Å². The molecule has 6 heteroatoms. The molecule has 3 heterocycles. The highest BCUT2D eigenvalue weighted by atomic mass is 16.3. The minimum atomic E-state index is -0.915. The number of likely N-dealkylation sites (tertiary alicyclic amines) is 1. The summed E-state index contributed by atoms with van der Waals surface area (Å²) in [5.41, 5.74) is 2.02. The molecule has 1 aliphatic rings. The van der Waals surface area contributed by atoms with Crippen LogP contribution in [0.3, 0.4) is 0 Å². The molecule has 0 amide bonds. The number of rotatable bonds is 4. The average Bonchev–Trinajstić information content (AvgIpc) is 3.01. The van der Waals surface area contributed by atoms with Crippen LogP contribution in [-0.4, -0.2) is 43.1 Å². The lowest BCUT2D eigenvalue weighted by Gasteiger charge is -2.38. The molecular weight excluding hydrogens is 290 g/mol. The Bertz CT molecular complexity index is 669. The van der Waals surface area contributed by atoms with Gasteiger partial charge in [-0.05, 0) is 51.8 Å². The van der Waals surface area contributed by atoms with Gasteiger partial charge in [0.1, 0.15) is 11.3 Å². The summed E-state index contributed by atoms with van der Waals surface area (Å²) in [7, 11) is 0. The molecule has 1 saturated heterocycles. The van der Waals surface area contributed by atoms with E-state index in [0.717, 1.165) is 31.6 Å². The molecule has 124 valence electrons. The first kappa shape index (κ1) is 16.1. The van der Waals surface area contributed by atoms with Gasteiger partial charge in [0.15, 0.2) is 0 Å². The summed E-state index contributed by atoms with van der Waals surface area (Å²) in [6.45, 7) is 8.51. The molecular formula is C17H25N5O. The number of hydrogen-bond donors (Lipinski definition) is 1. The van der Waals surface area contributed by atoms with Crippen LogP contribution in [-0.2, 0) is 12.1 Å². The zero-order valence-corrected chi connectivity index (χ0v) is 14.1. The second-order valence-electron chi connectivity index (χ2n) is 6.77. The van der Waals surface area contributed by atoms with Crippen LogP contribution in [0.5, 0.6) is 0 Å². The standard InChI is InChI=1S/C17H25N5O/c1-13(2)22-11-16(19-20-22)17(23)7-5-9-21(12-17)10-15-6-4-8-18-14(15)3/h4,6,8,11,13,23H,5,7,9-10,12H2,1-3H3. The highest BCUT2D eigenvalue weighted by molar-refractivity contribution is 5.19. The topological polar surface area (TPSA) is 67.1 Å². The molecule has 1 fully saturated rings. The molecule has 1 aliphatic heterocycles. The van der Waals surface area contributed by atoms with Crippen molar-refractivity contribution in [2.75, 3.05) is 13.1 Å². The second kappa shape index (κ2) is 6.37. The maximum atomic E-state index is 11.1. The fourth-order valence-corrected chi connectivity index (χ4v) is 3.14. The number of hydrogen-bond acceptors (Lipinski definition) is 5. The predicted octanol–water partition coefficient (Wildman–Crippen LogP) is 2.05. The normalized spacial score (nSPS) is 22.7. The average molecular weight is 315 g/mol. The maximum absolute atomic E-state index is 11.1. The maximum Gasteiger partial charge on any atom is 0.123 e. The minimum Gasteiger partial charge on any atom is -0.382 e. The molecule has 1 N–H and O–H groups in total. The van der Waals surface area contributed by atoms with E-state index >= 15 is 0 Å². The summed E-state index contributed by atoms with van der Waals surface area (Å²) >= 11 is 0. The quantitative estimate of drug-likeness (QED) is 0.935. The molecule has 0 radical (unpaired) electrons. The van der Waals surface area contributed by atoms with E-state index in [0.29, 0.717) is 12.2 Å². The molecule has 0 saturated carbocycles. The van der Waals surface area contributed by atoms with Gasteiger partial charge in [0.05, 0.1) is 6.20 Å². The molecule has 0 spiro atoms. The Balaban J connectivity index is 1.75. The lowest BCUT2D eigenvalue weighted by Crippen LogP contribution is -2.46. The first-order valence-corrected chi connectivity index (χ1v) is 8.25. The van der Waals surface area contributed by atoms with Crippen molar-refractivity contribution >= 4 is 0 Å². The van der Waals surface area contributed by atoms with Crippen molar-refractivity contribution in [1.29, 1.82) is 0 Å². The summed E-state index contributed by atoms with van der Waals surface area (Å²) in [5, 5.41) is 19.4. The fraction of sp³-hybridized carbons (Fsp3) is 0.588. The third-order valence-corrected chi connectivity index (χ3v) is 4.58. The Labute approximate surface area is 137 Å². The second-order valence-corrected chi connectivity index (χ2v) is 6.77. The van der Waals surface area contributed by atoms with Gasteiger partial charge in [-0.3, -0.25) is 9.88 Å². The van der Waals surface area contributed by atoms with Gasteiger partial charge in [-0.1, -0.05) is 11.3 Å². The van der Waals surface area contributed by atoms with Gasteiger partial charge in [0, 0.05) is 31.0 Å². The van der Waals surface area contributed by atoms with Gasteiger partial charge in [-0.25, -0.2) is 4.68 Å². The number of piperidine rings is 1. The van der Waals surface area contributed by atoms with E-state index in [1.807, 2.05) is 25.4 Å². The van der Waals surface area contributed by atoms with Crippen LogP contribution in [0.15, 0.2) is 24.5 Å². The Morgan fingerprint density at radius 3 is 2.91 bits per heavy atom. The number of β-amino-alcohol motifs (C(OH)–C–C–N with tert-alkyl or cyclic N) is 1. The summed E-state index contributed by atoms with van der Waals surface area (Å²) in [4.78, 5) is 6.63. The van der Waals surface area contributed by atoms with Gasteiger partial charge in [0.2, 0.25) is 0 Å². The zero-order valence-electron chi connectivity index (χ0n) is 14.1. The van der Waals surface area contributed by atoms with Crippen molar-refractivity contribution in [2.45, 2.75) is 51.8 Å². The van der Waals surface area contributed by atoms with Gasteiger partial charge in [-0.2, -0.15) is 0 Å². The summed E-state index contributed by atoms with van der Waals surface area (Å²) in [6.07, 6.45) is 5.37. The SMILES string of the molecule is Cc1ncccc1CN1CCCC(O)(c2cn(C(C)C)nn2)C1. The van der Waals surface area contributed by atoms with Gasteiger partial charge in [0.25, 0.3) is 0 Å². The van der Waals surface area contributed by atoms with Crippen molar-refractivity contribution < 1.29 is 5.11 Å². The molecule has 1 atom stereocenters. The third-order valence-electron chi connectivity index (χ3n) is 4.58. The summed E-state index contributed by atoms with van der Waals surface area (Å²) in [6, 6.07) is 4.31. The van der Waals surface area contributed by atoms with Crippen molar-refractivity contribution in [1.82, 2.24) is 24.9 Å². The number of pyridine rings is 1. The highest BCUT2D eigenvalue weighted by Gasteiger charge is 2.37. The Hall–Kier alpha value is -1.79. The van der Waals surface area contributed by atoms with E-state index in [1.54, 1.807) is 4.68 Å². The zero-order chi connectivity index (χ0) is 16.4. The first-order chi connectivity index (χ1) is 11.0. The van der Waals surface area contributed by atoms with Crippen LogP contribution in [0.4, 0.5) is 0 Å². The molecule has 0 aromatic carbocycles. The van der Waals surface area contributed by atoms with E-state index in [1.165, 1.54) is 5.56 Å². The van der Waals surface area contributed by atoms with E-state index in [9.17, 15) is 5.11 Å². The minimum absolute atomic E-state index is 0.248.